The minimum atomic E-state index is -0.0354. The Bertz CT molecular complexity index is 685. The third-order valence-corrected chi connectivity index (χ3v) is 5.09. The molecule has 0 bridgehead atoms. The van der Waals surface area contributed by atoms with Gasteiger partial charge in [0, 0.05) is 12.5 Å². The van der Waals surface area contributed by atoms with E-state index in [1.165, 1.54) is 12.8 Å². The number of hydrogen-bond acceptors (Lipinski definition) is 3. The number of rotatable bonds is 4. The van der Waals surface area contributed by atoms with Crippen LogP contribution in [0.1, 0.15) is 50.6 Å². The van der Waals surface area contributed by atoms with E-state index in [0.717, 1.165) is 40.8 Å². The highest BCUT2D eigenvalue weighted by molar-refractivity contribution is 14.1. The Morgan fingerprint density at radius 1 is 1.43 bits per heavy atom. The first kappa shape index (κ1) is 14.7. The fourth-order valence-electron chi connectivity index (χ4n) is 3.00. The van der Waals surface area contributed by atoms with E-state index in [0.29, 0.717) is 11.7 Å². The van der Waals surface area contributed by atoms with Crippen molar-refractivity contribution in [3.63, 3.8) is 0 Å². The van der Waals surface area contributed by atoms with Gasteiger partial charge in [-0.2, -0.15) is 0 Å². The number of aromatic amines is 1. The lowest BCUT2D eigenvalue weighted by molar-refractivity contribution is 0.671. The van der Waals surface area contributed by atoms with Gasteiger partial charge >= 0.3 is 0 Å². The zero-order chi connectivity index (χ0) is 14.8. The standard InChI is InChI=1S/C15H19IN4O/c1-2-7-20-9-17-8-11(20)14-18-13(10-5-3-4-6-10)12(16)15(21)19-14/h8-10H,2-7H2,1H3,(H,18,19,21). The molecular formula is C15H19IN4O. The minimum Gasteiger partial charge on any atom is -0.328 e. The quantitative estimate of drug-likeness (QED) is 0.804. The Kier molecular flexibility index (Phi) is 4.42. The maximum atomic E-state index is 12.2. The van der Waals surface area contributed by atoms with Crippen LogP contribution in [-0.4, -0.2) is 19.5 Å². The predicted molar refractivity (Wildman–Crippen MR) is 90.3 cm³/mol. The molecule has 2 aromatic heterocycles. The third kappa shape index (κ3) is 2.90. The Morgan fingerprint density at radius 2 is 2.19 bits per heavy atom. The van der Waals surface area contributed by atoms with Gasteiger partial charge in [0.15, 0.2) is 5.82 Å². The number of aryl methyl sites for hydroxylation is 1. The van der Waals surface area contributed by atoms with Gasteiger partial charge < -0.3 is 9.55 Å². The average Bonchev–Trinajstić information content (AvgIpc) is 3.13. The van der Waals surface area contributed by atoms with Crippen LogP contribution in [0.2, 0.25) is 0 Å². The van der Waals surface area contributed by atoms with Crippen molar-refractivity contribution >= 4 is 22.6 Å². The summed E-state index contributed by atoms with van der Waals surface area (Å²) in [5.74, 6) is 1.08. The molecule has 0 spiro atoms. The van der Waals surface area contributed by atoms with E-state index in [9.17, 15) is 4.79 Å². The minimum absolute atomic E-state index is 0.0354. The molecule has 3 rings (SSSR count). The van der Waals surface area contributed by atoms with Gasteiger partial charge in [-0.1, -0.05) is 19.8 Å². The van der Waals surface area contributed by atoms with Crippen molar-refractivity contribution in [3.05, 3.63) is 32.1 Å². The summed E-state index contributed by atoms with van der Waals surface area (Å²) in [4.78, 5) is 24.1. The molecule has 2 heterocycles. The Hall–Kier alpha value is -1.18. The van der Waals surface area contributed by atoms with Crippen molar-refractivity contribution in [2.45, 2.75) is 51.5 Å². The summed E-state index contributed by atoms with van der Waals surface area (Å²) < 4.78 is 2.79. The molecular weight excluding hydrogens is 379 g/mol. The van der Waals surface area contributed by atoms with Crippen LogP contribution in [0.25, 0.3) is 11.5 Å². The summed E-state index contributed by atoms with van der Waals surface area (Å²) in [6.45, 7) is 3.00. The highest BCUT2D eigenvalue weighted by Gasteiger charge is 2.23. The number of nitrogens with zero attached hydrogens (tertiary/aromatic N) is 3. The second kappa shape index (κ2) is 6.29. The average molecular weight is 398 g/mol. The SMILES string of the molecule is CCCn1cncc1-c1nc(C2CCCC2)c(I)c(=O)[nH]1. The molecule has 1 aliphatic carbocycles. The number of aromatic nitrogens is 4. The van der Waals surface area contributed by atoms with Gasteiger partial charge in [-0.3, -0.25) is 4.79 Å². The fourth-order valence-corrected chi connectivity index (χ4v) is 3.70. The molecule has 5 nitrogen and oxygen atoms in total. The first-order valence-corrected chi connectivity index (χ1v) is 8.58. The van der Waals surface area contributed by atoms with Crippen molar-refractivity contribution in [1.29, 1.82) is 0 Å². The van der Waals surface area contributed by atoms with Crippen LogP contribution >= 0.6 is 22.6 Å². The zero-order valence-electron chi connectivity index (χ0n) is 12.1. The molecule has 1 aliphatic rings. The van der Waals surface area contributed by atoms with Crippen LogP contribution in [0.5, 0.6) is 0 Å². The summed E-state index contributed by atoms with van der Waals surface area (Å²) in [5, 5.41) is 0. The number of hydrogen-bond donors (Lipinski definition) is 1. The molecule has 0 radical (unpaired) electrons. The van der Waals surface area contributed by atoms with Gasteiger partial charge in [0.25, 0.3) is 5.56 Å². The van der Waals surface area contributed by atoms with Crippen LogP contribution < -0.4 is 5.56 Å². The fraction of sp³-hybridized carbons (Fsp3) is 0.533. The Labute approximate surface area is 137 Å². The van der Waals surface area contributed by atoms with Crippen LogP contribution in [0.15, 0.2) is 17.3 Å². The van der Waals surface area contributed by atoms with Crippen molar-refractivity contribution in [1.82, 2.24) is 19.5 Å². The van der Waals surface area contributed by atoms with E-state index in [-0.39, 0.29) is 5.56 Å². The normalized spacial score (nSPS) is 15.7. The predicted octanol–water partition coefficient (Wildman–Crippen LogP) is 3.31. The van der Waals surface area contributed by atoms with Crippen LogP contribution in [0.3, 0.4) is 0 Å². The number of imidazole rings is 1. The lowest BCUT2D eigenvalue weighted by atomic mass is 10.0. The second-order valence-corrected chi connectivity index (χ2v) is 6.65. The molecule has 1 saturated carbocycles. The highest BCUT2D eigenvalue weighted by atomic mass is 127. The molecule has 0 aromatic carbocycles. The van der Waals surface area contributed by atoms with E-state index in [2.05, 4.69) is 39.5 Å². The number of halogens is 1. The molecule has 1 fully saturated rings. The maximum Gasteiger partial charge on any atom is 0.264 e. The molecule has 0 saturated heterocycles. The van der Waals surface area contributed by atoms with E-state index in [1.54, 1.807) is 12.5 Å². The molecule has 6 heteroatoms. The van der Waals surface area contributed by atoms with Crippen LogP contribution in [0.4, 0.5) is 0 Å². The van der Waals surface area contributed by atoms with Gasteiger partial charge in [-0.25, -0.2) is 9.97 Å². The molecule has 21 heavy (non-hydrogen) atoms. The highest BCUT2D eigenvalue weighted by Crippen LogP contribution is 2.34. The van der Waals surface area contributed by atoms with E-state index in [1.807, 2.05) is 4.57 Å². The van der Waals surface area contributed by atoms with E-state index < -0.39 is 0 Å². The van der Waals surface area contributed by atoms with Crippen molar-refractivity contribution < 1.29 is 0 Å². The van der Waals surface area contributed by atoms with E-state index in [4.69, 9.17) is 4.98 Å². The van der Waals surface area contributed by atoms with Crippen LogP contribution in [-0.2, 0) is 6.54 Å². The maximum absolute atomic E-state index is 12.2. The van der Waals surface area contributed by atoms with E-state index >= 15 is 0 Å². The summed E-state index contributed by atoms with van der Waals surface area (Å²) in [7, 11) is 0. The monoisotopic (exact) mass is 398 g/mol. The molecule has 0 atom stereocenters. The molecule has 0 unspecified atom stereocenters. The second-order valence-electron chi connectivity index (χ2n) is 5.57. The van der Waals surface area contributed by atoms with Crippen LogP contribution in [0, 0.1) is 3.57 Å². The van der Waals surface area contributed by atoms with Crippen molar-refractivity contribution in [2.75, 3.05) is 0 Å². The first-order valence-electron chi connectivity index (χ1n) is 7.51. The third-order valence-electron chi connectivity index (χ3n) is 4.05. The first-order chi connectivity index (χ1) is 10.2. The van der Waals surface area contributed by atoms with Gasteiger partial charge in [-0.05, 0) is 41.9 Å². The van der Waals surface area contributed by atoms with Gasteiger partial charge in [0.2, 0.25) is 0 Å². The lowest BCUT2D eigenvalue weighted by Crippen LogP contribution is -2.18. The summed E-state index contributed by atoms with van der Waals surface area (Å²) >= 11 is 2.13. The molecule has 0 amide bonds. The summed E-state index contributed by atoms with van der Waals surface area (Å²) in [5.41, 5.74) is 1.83. The zero-order valence-corrected chi connectivity index (χ0v) is 14.3. The Balaban J connectivity index is 2.06. The summed E-state index contributed by atoms with van der Waals surface area (Å²) in [6, 6.07) is 0. The Morgan fingerprint density at radius 3 is 2.90 bits per heavy atom. The summed E-state index contributed by atoms with van der Waals surface area (Å²) in [6.07, 6.45) is 9.34. The molecule has 2 aromatic rings. The van der Waals surface area contributed by atoms with Gasteiger partial charge in [0.05, 0.1) is 18.2 Å². The lowest BCUT2D eigenvalue weighted by Gasteiger charge is -2.13. The van der Waals surface area contributed by atoms with Crippen molar-refractivity contribution in [2.24, 2.45) is 0 Å². The smallest absolute Gasteiger partial charge is 0.264 e. The molecule has 1 N–H and O–H groups in total. The molecule has 0 aliphatic heterocycles. The van der Waals surface area contributed by atoms with Gasteiger partial charge in [-0.15, -0.1) is 0 Å². The van der Waals surface area contributed by atoms with Gasteiger partial charge in [0.1, 0.15) is 9.26 Å². The van der Waals surface area contributed by atoms with Crippen molar-refractivity contribution in [3.8, 4) is 11.5 Å². The largest absolute Gasteiger partial charge is 0.328 e. The number of H-pyrrole nitrogens is 1. The number of nitrogens with one attached hydrogen (secondary N) is 1. The molecule has 112 valence electrons. The topological polar surface area (TPSA) is 63.6 Å².